The van der Waals surface area contributed by atoms with Gasteiger partial charge >= 0.3 is 0 Å². The fourth-order valence-electron chi connectivity index (χ4n) is 5.29. The van der Waals surface area contributed by atoms with Crippen LogP contribution in [0.1, 0.15) is 45.1 Å². The van der Waals surface area contributed by atoms with E-state index in [1.807, 2.05) is 25.4 Å². The number of pyridine rings is 1. The fourth-order valence-corrected chi connectivity index (χ4v) is 5.29. The predicted octanol–water partition coefficient (Wildman–Crippen LogP) is 4.65. The van der Waals surface area contributed by atoms with E-state index in [0.29, 0.717) is 12.0 Å². The monoisotopic (exact) mass is 443 g/mol. The highest BCUT2D eigenvalue weighted by molar-refractivity contribution is 5.87. The maximum absolute atomic E-state index is 4.96. The van der Waals surface area contributed by atoms with Crippen LogP contribution in [0.15, 0.2) is 54.5 Å². The molecular formula is C26H33N7. The Labute approximate surface area is 196 Å². The number of hydrogen-bond donors (Lipinski definition) is 2. The van der Waals surface area contributed by atoms with Crippen LogP contribution in [0, 0.1) is 0 Å². The largest absolute Gasteiger partial charge is 0.368 e. The highest BCUT2D eigenvalue weighted by atomic mass is 15.3. The average molecular weight is 444 g/mol. The topological polar surface area (TPSA) is 69.2 Å². The minimum absolute atomic E-state index is 0.415. The molecule has 1 saturated carbocycles. The van der Waals surface area contributed by atoms with Gasteiger partial charge in [0.15, 0.2) is 0 Å². The molecule has 0 atom stereocenters. The van der Waals surface area contributed by atoms with E-state index in [2.05, 4.69) is 56.5 Å². The third kappa shape index (κ3) is 4.13. The van der Waals surface area contributed by atoms with Gasteiger partial charge in [-0.25, -0.2) is 9.97 Å². The van der Waals surface area contributed by atoms with E-state index in [-0.39, 0.29) is 0 Å². The van der Waals surface area contributed by atoms with Crippen LogP contribution in [-0.2, 0) is 0 Å². The molecule has 3 aliphatic rings. The van der Waals surface area contributed by atoms with Crippen molar-refractivity contribution in [3.63, 3.8) is 0 Å². The molecule has 0 radical (unpaired) electrons. The smallest absolute Gasteiger partial charge is 0.230 e. The molecule has 0 unspecified atom stereocenters. The Bertz CT molecular complexity index is 1090. The second-order valence-corrected chi connectivity index (χ2v) is 9.23. The average Bonchev–Trinajstić information content (AvgIpc) is 3.34. The number of aromatic nitrogens is 3. The molecule has 172 valence electrons. The van der Waals surface area contributed by atoms with E-state index in [1.165, 1.54) is 12.8 Å². The Morgan fingerprint density at radius 3 is 2.55 bits per heavy atom. The van der Waals surface area contributed by atoms with Gasteiger partial charge in [-0.2, -0.15) is 4.98 Å². The van der Waals surface area contributed by atoms with Crippen LogP contribution in [0.4, 0.5) is 23.3 Å². The molecule has 2 aromatic rings. The van der Waals surface area contributed by atoms with Gasteiger partial charge in [-0.1, -0.05) is 26.0 Å². The van der Waals surface area contributed by atoms with Crippen LogP contribution in [0.3, 0.4) is 0 Å². The summed E-state index contributed by atoms with van der Waals surface area (Å²) in [6.45, 7) is 16.9. The zero-order valence-electron chi connectivity index (χ0n) is 19.7. The van der Waals surface area contributed by atoms with E-state index in [1.54, 1.807) is 0 Å². The number of hydrogen-bond acceptors (Lipinski definition) is 7. The molecule has 2 fully saturated rings. The van der Waals surface area contributed by atoms with Gasteiger partial charge in [-0.05, 0) is 50.0 Å². The molecule has 7 nitrogen and oxygen atoms in total. The number of rotatable bonds is 5. The van der Waals surface area contributed by atoms with Crippen LogP contribution in [0.25, 0.3) is 5.57 Å². The lowest BCUT2D eigenvalue weighted by molar-refractivity contribution is 0.589. The summed E-state index contributed by atoms with van der Waals surface area (Å²) in [6, 6.07) is 4.52. The van der Waals surface area contributed by atoms with Crippen LogP contribution in [0.2, 0.25) is 0 Å². The summed E-state index contributed by atoms with van der Waals surface area (Å²) in [4.78, 5) is 18.9. The Kier molecular flexibility index (Phi) is 5.89. The van der Waals surface area contributed by atoms with Crippen LogP contribution < -0.4 is 20.4 Å². The van der Waals surface area contributed by atoms with Gasteiger partial charge in [-0.3, -0.25) is 0 Å². The van der Waals surface area contributed by atoms with E-state index in [9.17, 15) is 0 Å². The molecule has 0 amide bonds. The van der Waals surface area contributed by atoms with Crippen LogP contribution in [0.5, 0.6) is 0 Å². The lowest BCUT2D eigenvalue weighted by Gasteiger charge is -2.38. The van der Waals surface area contributed by atoms with Crippen molar-refractivity contribution in [3.8, 4) is 0 Å². The third-order valence-electron chi connectivity index (χ3n) is 6.94. The minimum Gasteiger partial charge on any atom is -0.368 e. The zero-order valence-corrected chi connectivity index (χ0v) is 19.7. The van der Waals surface area contributed by atoms with Gasteiger partial charge < -0.3 is 20.4 Å². The van der Waals surface area contributed by atoms with E-state index in [0.717, 1.165) is 84.3 Å². The number of nitrogens with zero attached hydrogens (tertiary/aromatic N) is 5. The summed E-state index contributed by atoms with van der Waals surface area (Å²) in [5.41, 5.74) is 6.50. The van der Waals surface area contributed by atoms with Gasteiger partial charge in [0.05, 0.1) is 11.9 Å². The van der Waals surface area contributed by atoms with Crippen molar-refractivity contribution in [2.75, 3.05) is 41.3 Å². The molecule has 7 heteroatoms. The molecule has 0 aromatic carbocycles. The highest BCUT2D eigenvalue weighted by Gasteiger charge is 2.34. The summed E-state index contributed by atoms with van der Waals surface area (Å²) < 4.78 is 0. The van der Waals surface area contributed by atoms with Gasteiger partial charge in [0.25, 0.3) is 0 Å². The van der Waals surface area contributed by atoms with Crippen LogP contribution >= 0.6 is 0 Å². The first-order chi connectivity index (χ1) is 16.0. The molecule has 2 aliphatic heterocycles. The van der Waals surface area contributed by atoms with Crippen molar-refractivity contribution in [1.82, 2.24) is 20.3 Å². The van der Waals surface area contributed by atoms with Crippen molar-refractivity contribution >= 4 is 28.8 Å². The minimum atomic E-state index is 0.415. The molecule has 5 rings (SSSR count). The SMILES string of the molecule is C=C(C)C1=C(C)c2cnc(Nc3ccc(N4CCNCC4)cn3)nc2N(C2CCCC2)C1=C. The number of anilines is 4. The molecule has 2 aromatic heterocycles. The maximum Gasteiger partial charge on any atom is 0.230 e. The Morgan fingerprint density at radius 2 is 1.88 bits per heavy atom. The summed E-state index contributed by atoms with van der Waals surface area (Å²) in [5.74, 6) is 2.23. The zero-order chi connectivity index (χ0) is 22.9. The number of piperazine rings is 1. The first-order valence-electron chi connectivity index (χ1n) is 11.9. The van der Waals surface area contributed by atoms with Gasteiger partial charge in [-0.15, -0.1) is 0 Å². The van der Waals surface area contributed by atoms with Crippen molar-refractivity contribution in [3.05, 3.63) is 60.1 Å². The normalized spacial score (nSPS) is 19.2. The molecular weight excluding hydrogens is 410 g/mol. The molecule has 4 heterocycles. The van der Waals surface area contributed by atoms with Gasteiger partial charge in [0, 0.05) is 55.3 Å². The first-order valence-corrected chi connectivity index (χ1v) is 11.9. The Balaban J connectivity index is 1.44. The Hall–Kier alpha value is -3.19. The standard InChI is InChI=1S/C26H33N7/c1-17(2)24-18(3)22-16-29-26(31-25(22)33(19(24)4)20-7-5-6-8-20)30-23-10-9-21(15-28-23)32-13-11-27-12-14-32/h9-10,15-16,20,27H,1,4-8,11-14H2,2-3H3,(H,28,29,30,31). The molecule has 0 bridgehead atoms. The van der Waals surface area contributed by atoms with Crippen LogP contribution in [-0.4, -0.2) is 47.2 Å². The lowest BCUT2D eigenvalue weighted by Crippen LogP contribution is -2.43. The maximum atomic E-state index is 4.96. The molecule has 1 aliphatic carbocycles. The molecule has 33 heavy (non-hydrogen) atoms. The second kappa shape index (κ2) is 8.98. The van der Waals surface area contributed by atoms with E-state index in [4.69, 9.17) is 4.98 Å². The van der Waals surface area contributed by atoms with Crippen molar-refractivity contribution in [1.29, 1.82) is 0 Å². The molecule has 2 N–H and O–H groups in total. The van der Waals surface area contributed by atoms with Gasteiger partial charge in [0.2, 0.25) is 5.95 Å². The predicted molar refractivity (Wildman–Crippen MR) is 136 cm³/mol. The second-order valence-electron chi connectivity index (χ2n) is 9.23. The third-order valence-corrected chi connectivity index (χ3v) is 6.94. The highest BCUT2D eigenvalue weighted by Crippen LogP contribution is 2.44. The molecule has 0 spiro atoms. The van der Waals surface area contributed by atoms with Crippen molar-refractivity contribution in [2.45, 2.75) is 45.6 Å². The number of nitrogens with one attached hydrogen (secondary N) is 2. The van der Waals surface area contributed by atoms with Gasteiger partial charge in [0.1, 0.15) is 11.6 Å². The quantitative estimate of drug-likeness (QED) is 0.697. The van der Waals surface area contributed by atoms with E-state index < -0.39 is 0 Å². The van der Waals surface area contributed by atoms with E-state index >= 15 is 0 Å². The first kappa shape index (κ1) is 21.6. The fraction of sp³-hybridized carbons (Fsp3) is 0.423. The lowest BCUT2D eigenvalue weighted by atomic mass is 9.90. The summed E-state index contributed by atoms with van der Waals surface area (Å²) in [6.07, 6.45) is 8.64. The number of fused-ring (bicyclic) bond motifs is 1. The summed E-state index contributed by atoms with van der Waals surface area (Å²) in [5, 5.41) is 6.69. The van der Waals surface area contributed by atoms with Crippen molar-refractivity contribution in [2.24, 2.45) is 0 Å². The summed E-state index contributed by atoms with van der Waals surface area (Å²) in [7, 11) is 0. The molecule has 1 saturated heterocycles. The summed E-state index contributed by atoms with van der Waals surface area (Å²) >= 11 is 0. The Morgan fingerprint density at radius 1 is 1.12 bits per heavy atom. The number of allylic oxidation sites excluding steroid dienone is 2. The van der Waals surface area contributed by atoms with Crippen molar-refractivity contribution < 1.29 is 0 Å².